The zero-order valence-corrected chi connectivity index (χ0v) is 28.5. The zero-order chi connectivity index (χ0) is 34.7. The fourth-order valence-corrected chi connectivity index (χ4v) is 7.23. The van der Waals surface area contributed by atoms with Gasteiger partial charge in [0.15, 0.2) is 0 Å². The number of para-hydroxylation sites is 1. The fourth-order valence-electron chi connectivity index (χ4n) is 7.23. The molecule has 2 aromatic heterocycles. The minimum absolute atomic E-state index is 0.875. The summed E-state index contributed by atoms with van der Waals surface area (Å²) in [5, 5.41) is 6.04. The Labute approximate surface area is 303 Å². The molecule has 2 nitrogen and oxygen atoms in total. The van der Waals surface area contributed by atoms with Crippen molar-refractivity contribution in [1.82, 2.24) is 9.97 Å². The van der Waals surface area contributed by atoms with Crippen molar-refractivity contribution in [3.8, 4) is 55.8 Å². The van der Waals surface area contributed by atoms with Gasteiger partial charge in [0.1, 0.15) is 0 Å². The standard InChI is InChI=1S/C50H34N2/c1-2-11-28-51-49(34-39(16-4-1)37-26-24-36(25-27-37)35-14-5-3-6-15-35)43-31-41(45-23-12-18-38-19-13-29-52-50(38)45)30-42(32-43)48-33-40-17-7-8-20-44(40)46-21-9-10-22-47(46)48/h1-34H. The second-order valence-corrected chi connectivity index (χ2v) is 13.0. The van der Waals surface area contributed by atoms with Crippen molar-refractivity contribution in [2.24, 2.45) is 0 Å². The van der Waals surface area contributed by atoms with Crippen LogP contribution in [0.5, 0.6) is 0 Å². The van der Waals surface area contributed by atoms with Crippen molar-refractivity contribution in [3.63, 3.8) is 0 Å². The van der Waals surface area contributed by atoms with Gasteiger partial charge < -0.3 is 0 Å². The molecule has 0 aliphatic rings. The lowest BCUT2D eigenvalue weighted by atomic mass is 9.89. The van der Waals surface area contributed by atoms with E-state index in [9.17, 15) is 0 Å². The predicted octanol–water partition coefficient (Wildman–Crippen LogP) is 13.4. The van der Waals surface area contributed by atoms with Crippen molar-refractivity contribution in [1.29, 1.82) is 0 Å². The molecule has 7 aromatic carbocycles. The Morgan fingerprint density at radius 3 is 1.65 bits per heavy atom. The maximum atomic E-state index is 5.10. The van der Waals surface area contributed by atoms with Crippen molar-refractivity contribution in [2.75, 3.05) is 0 Å². The van der Waals surface area contributed by atoms with Crippen molar-refractivity contribution >= 4 is 32.4 Å². The van der Waals surface area contributed by atoms with Gasteiger partial charge in [-0.25, -0.2) is 0 Å². The molecule has 2 heterocycles. The Morgan fingerprint density at radius 2 is 0.827 bits per heavy atom. The highest BCUT2D eigenvalue weighted by molar-refractivity contribution is 6.14. The van der Waals surface area contributed by atoms with Gasteiger partial charge in [0.25, 0.3) is 0 Å². The minimum Gasteiger partial charge on any atom is -0.256 e. The molecule has 0 aliphatic carbocycles. The van der Waals surface area contributed by atoms with E-state index in [2.05, 4.69) is 170 Å². The number of benzene rings is 7. The summed E-state index contributed by atoms with van der Waals surface area (Å²) in [5.41, 5.74) is 12.0. The maximum Gasteiger partial charge on any atom is 0.0780 e. The Kier molecular flexibility index (Phi) is 8.24. The van der Waals surface area contributed by atoms with Gasteiger partial charge >= 0.3 is 0 Å². The molecular formula is C50H34N2. The van der Waals surface area contributed by atoms with Crippen LogP contribution in [0.1, 0.15) is 0 Å². The molecule has 0 N–H and O–H groups in total. The van der Waals surface area contributed by atoms with Crippen LogP contribution in [0, 0.1) is 0 Å². The molecule has 0 atom stereocenters. The molecule has 9 aromatic rings. The smallest absolute Gasteiger partial charge is 0.0780 e. The Bertz CT molecular complexity index is 2780. The minimum atomic E-state index is 0.875. The molecule has 0 amide bonds. The SMILES string of the molecule is c1cccc(-c2ccc(-c3ccccc3)cc2)cc(-c2cc(-c3cc4ccccc4c4ccccc34)cc(-c3cccc4cccnc34)c2)ncc1. The van der Waals surface area contributed by atoms with Crippen molar-refractivity contribution < 1.29 is 0 Å². The van der Waals surface area contributed by atoms with Gasteiger partial charge in [-0.2, -0.15) is 0 Å². The highest BCUT2D eigenvalue weighted by Crippen LogP contribution is 2.40. The molecule has 0 unspecified atom stereocenters. The van der Waals surface area contributed by atoms with Gasteiger partial charge in [0.2, 0.25) is 0 Å². The third kappa shape index (κ3) is 6.08. The molecule has 9 rings (SSSR count). The zero-order valence-electron chi connectivity index (χ0n) is 28.5. The highest BCUT2D eigenvalue weighted by Gasteiger charge is 2.14. The topological polar surface area (TPSA) is 25.8 Å². The molecule has 0 fully saturated rings. The van der Waals surface area contributed by atoms with Crippen molar-refractivity contribution in [3.05, 3.63) is 207 Å². The van der Waals surface area contributed by atoms with Gasteiger partial charge in [0.05, 0.1) is 11.2 Å². The van der Waals surface area contributed by atoms with Crippen LogP contribution in [0.15, 0.2) is 207 Å². The summed E-state index contributed by atoms with van der Waals surface area (Å²) < 4.78 is 0. The molecule has 2 heteroatoms. The lowest BCUT2D eigenvalue weighted by molar-refractivity contribution is 1.34. The van der Waals surface area contributed by atoms with Crippen molar-refractivity contribution in [2.45, 2.75) is 0 Å². The Balaban J connectivity index is 1.29. The highest BCUT2D eigenvalue weighted by atomic mass is 14.7. The maximum absolute atomic E-state index is 5.10. The summed E-state index contributed by atoms with van der Waals surface area (Å²) in [6.07, 6.45) is 3.76. The van der Waals surface area contributed by atoms with Gasteiger partial charge in [-0.15, -0.1) is 0 Å². The monoisotopic (exact) mass is 662 g/mol. The average Bonchev–Trinajstić information content (AvgIpc) is 3.22. The number of nitrogens with zero attached hydrogens (tertiary/aromatic N) is 2. The first-order chi connectivity index (χ1) is 25.8. The normalized spacial score (nSPS) is 11.1. The molecule has 0 radical (unpaired) electrons. The predicted molar refractivity (Wildman–Crippen MR) is 219 cm³/mol. The van der Waals surface area contributed by atoms with Gasteiger partial charge in [0, 0.05) is 28.9 Å². The van der Waals surface area contributed by atoms with E-state index in [0.717, 1.165) is 50.0 Å². The first kappa shape index (κ1) is 31.1. The van der Waals surface area contributed by atoms with Crippen LogP contribution in [-0.4, -0.2) is 9.97 Å². The van der Waals surface area contributed by atoms with E-state index in [-0.39, 0.29) is 0 Å². The number of hydrogen-bond acceptors (Lipinski definition) is 2. The molecule has 0 bridgehead atoms. The van der Waals surface area contributed by atoms with Crippen LogP contribution < -0.4 is 0 Å². The number of hydrogen-bond donors (Lipinski definition) is 0. The quantitative estimate of drug-likeness (QED) is 0.171. The largest absolute Gasteiger partial charge is 0.256 e. The van der Waals surface area contributed by atoms with Crippen LogP contribution in [-0.2, 0) is 0 Å². The van der Waals surface area contributed by atoms with E-state index in [1.807, 2.05) is 36.7 Å². The van der Waals surface area contributed by atoms with Gasteiger partial charge in [-0.3, -0.25) is 9.97 Å². The van der Waals surface area contributed by atoms with Crippen LogP contribution in [0.4, 0.5) is 0 Å². The van der Waals surface area contributed by atoms with Crippen LogP contribution in [0.2, 0.25) is 0 Å². The van der Waals surface area contributed by atoms with E-state index >= 15 is 0 Å². The van der Waals surface area contributed by atoms with Crippen LogP contribution >= 0.6 is 0 Å². The average molecular weight is 663 g/mol. The summed E-state index contributed by atoms with van der Waals surface area (Å²) in [4.78, 5) is 9.95. The number of aromatic nitrogens is 2. The number of pyridine rings is 1. The molecule has 52 heavy (non-hydrogen) atoms. The molecule has 0 spiro atoms. The van der Waals surface area contributed by atoms with Crippen LogP contribution in [0.25, 0.3) is 88.2 Å². The first-order valence-corrected chi connectivity index (χ1v) is 17.6. The molecule has 0 saturated carbocycles. The lowest BCUT2D eigenvalue weighted by Crippen LogP contribution is -1.91. The second-order valence-electron chi connectivity index (χ2n) is 13.0. The summed E-state index contributed by atoms with van der Waals surface area (Å²) in [5.74, 6) is 0. The third-order valence-corrected chi connectivity index (χ3v) is 9.78. The lowest BCUT2D eigenvalue weighted by Gasteiger charge is -2.15. The van der Waals surface area contributed by atoms with E-state index in [0.29, 0.717) is 0 Å². The summed E-state index contributed by atoms with van der Waals surface area (Å²) in [6.45, 7) is 0. The Morgan fingerprint density at radius 1 is 0.269 bits per heavy atom. The van der Waals surface area contributed by atoms with E-state index in [1.54, 1.807) is 0 Å². The fraction of sp³-hybridized carbons (Fsp3) is 0. The number of fused-ring (bicyclic) bond motifs is 4. The third-order valence-electron chi connectivity index (χ3n) is 9.78. The van der Waals surface area contributed by atoms with Crippen LogP contribution in [0.3, 0.4) is 0 Å². The summed E-state index contributed by atoms with van der Waals surface area (Å²) in [6, 6.07) is 68.9. The molecular weight excluding hydrogens is 629 g/mol. The van der Waals surface area contributed by atoms with E-state index < -0.39 is 0 Å². The van der Waals surface area contributed by atoms with E-state index in [1.165, 1.54) is 38.2 Å². The van der Waals surface area contributed by atoms with Gasteiger partial charge in [-0.1, -0.05) is 152 Å². The van der Waals surface area contributed by atoms with Gasteiger partial charge in [-0.05, 0) is 103 Å². The summed E-state index contributed by atoms with van der Waals surface area (Å²) >= 11 is 0. The number of rotatable bonds is 5. The van der Waals surface area contributed by atoms with E-state index in [4.69, 9.17) is 9.97 Å². The first-order valence-electron chi connectivity index (χ1n) is 17.6. The molecule has 244 valence electrons. The second kappa shape index (κ2) is 13.8. The Hall–Kier alpha value is -6.90. The molecule has 0 saturated heterocycles. The molecule has 0 aliphatic heterocycles. The summed E-state index contributed by atoms with van der Waals surface area (Å²) in [7, 11) is 0.